The van der Waals surface area contributed by atoms with Crippen LogP contribution in [-0.4, -0.2) is 11.5 Å². The van der Waals surface area contributed by atoms with Crippen molar-refractivity contribution in [3.63, 3.8) is 0 Å². The number of unbranched alkanes of at least 4 members (excludes halogenated alkanes) is 14. The second kappa shape index (κ2) is 31.0. The summed E-state index contributed by atoms with van der Waals surface area (Å²) < 4.78 is 0. The Morgan fingerprint density at radius 3 is 0.826 bits per heavy atom. The Bertz CT molecular complexity index is 132. The van der Waals surface area contributed by atoms with Gasteiger partial charge in [-0.05, 0) is 0 Å². The molecule has 0 aromatic heterocycles. The average Bonchev–Trinajstić information content (AvgIpc) is 2.54. The number of hydrogen-bond acceptors (Lipinski definition) is 2. The minimum Gasteiger partial charge on any atom is -0.793 e. The van der Waals surface area contributed by atoms with E-state index in [0.717, 1.165) is 11.5 Å². The molecule has 0 saturated heterocycles. The standard InChI is InChI=1S/2C10H22S.Cu/c2*1-2-3-4-5-6-7-8-9-10-11;/h2*11H,2-10H2,1H3;/q;;+2/p-2. The maximum absolute atomic E-state index is 4.87. The molecule has 1 radical (unpaired) electrons. The van der Waals surface area contributed by atoms with E-state index in [1.807, 2.05) is 0 Å². The summed E-state index contributed by atoms with van der Waals surface area (Å²) in [5.74, 6) is 1.91. The van der Waals surface area contributed by atoms with E-state index >= 15 is 0 Å². The molecule has 0 nitrogen and oxygen atoms in total. The smallest absolute Gasteiger partial charge is 0.793 e. The zero-order chi connectivity index (χ0) is 16.7. The number of rotatable bonds is 16. The van der Waals surface area contributed by atoms with Crippen molar-refractivity contribution in [1.29, 1.82) is 0 Å². The molecule has 0 saturated carbocycles. The Labute approximate surface area is 170 Å². The molecule has 23 heavy (non-hydrogen) atoms. The van der Waals surface area contributed by atoms with E-state index in [-0.39, 0.29) is 17.1 Å². The summed E-state index contributed by atoms with van der Waals surface area (Å²) in [5, 5.41) is 0. The fourth-order valence-corrected chi connectivity index (χ4v) is 2.88. The van der Waals surface area contributed by atoms with Crippen molar-refractivity contribution >= 4 is 25.3 Å². The van der Waals surface area contributed by atoms with Crippen LogP contribution in [0.1, 0.15) is 117 Å². The largest absolute Gasteiger partial charge is 2.00 e. The van der Waals surface area contributed by atoms with Crippen molar-refractivity contribution in [1.82, 2.24) is 0 Å². The summed E-state index contributed by atoms with van der Waals surface area (Å²) in [6.07, 6.45) is 22.2. The summed E-state index contributed by atoms with van der Waals surface area (Å²) in [6, 6.07) is 0. The minimum atomic E-state index is 0. The molecule has 0 rings (SSSR count). The molecule has 0 spiro atoms. The Morgan fingerprint density at radius 2 is 0.609 bits per heavy atom. The Kier molecular flexibility index (Phi) is 39.1. The average molecular weight is 410 g/mol. The van der Waals surface area contributed by atoms with Crippen molar-refractivity contribution in [2.24, 2.45) is 0 Å². The van der Waals surface area contributed by atoms with Gasteiger partial charge in [0.15, 0.2) is 0 Å². The summed E-state index contributed by atoms with van der Waals surface area (Å²) in [5.41, 5.74) is 0. The molecule has 0 aliphatic heterocycles. The zero-order valence-electron chi connectivity index (χ0n) is 15.8. The molecule has 0 aliphatic rings. The molecule has 0 amide bonds. The van der Waals surface area contributed by atoms with Gasteiger partial charge in [-0.3, -0.25) is 0 Å². The third kappa shape index (κ3) is 35.3. The third-order valence-corrected chi connectivity index (χ3v) is 4.57. The van der Waals surface area contributed by atoms with E-state index in [1.165, 1.54) is 103 Å². The van der Waals surface area contributed by atoms with Gasteiger partial charge >= 0.3 is 17.1 Å². The predicted octanol–water partition coefficient (Wildman–Crippen LogP) is 7.35. The van der Waals surface area contributed by atoms with Crippen LogP contribution in [0.3, 0.4) is 0 Å². The molecule has 0 aromatic rings. The molecule has 0 bridgehead atoms. The van der Waals surface area contributed by atoms with Crippen LogP contribution < -0.4 is 0 Å². The molecule has 0 heterocycles. The first-order valence-corrected chi connectivity index (χ1v) is 11.1. The SMILES string of the molecule is CCCCCCCCCC[S-].CCCCCCCCCC[S-].[Cu+2]. The summed E-state index contributed by atoms with van der Waals surface area (Å²) in [6.45, 7) is 4.52. The van der Waals surface area contributed by atoms with E-state index in [1.54, 1.807) is 0 Å². The molecule has 0 N–H and O–H groups in total. The summed E-state index contributed by atoms with van der Waals surface area (Å²) in [7, 11) is 0. The van der Waals surface area contributed by atoms with Crippen molar-refractivity contribution in [2.45, 2.75) is 117 Å². The van der Waals surface area contributed by atoms with Crippen molar-refractivity contribution in [2.75, 3.05) is 11.5 Å². The van der Waals surface area contributed by atoms with E-state index < -0.39 is 0 Å². The molecule has 0 atom stereocenters. The van der Waals surface area contributed by atoms with E-state index in [0.29, 0.717) is 0 Å². The van der Waals surface area contributed by atoms with Crippen LogP contribution in [0, 0.1) is 0 Å². The fraction of sp³-hybridized carbons (Fsp3) is 1.00. The van der Waals surface area contributed by atoms with Gasteiger partial charge in [-0.1, -0.05) is 117 Å². The molecule has 3 heteroatoms. The second-order valence-electron chi connectivity index (χ2n) is 6.36. The predicted molar refractivity (Wildman–Crippen MR) is 110 cm³/mol. The van der Waals surface area contributed by atoms with Crippen LogP contribution >= 0.6 is 0 Å². The van der Waals surface area contributed by atoms with E-state index in [4.69, 9.17) is 25.3 Å². The second-order valence-corrected chi connectivity index (χ2v) is 7.17. The van der Waals surface area contributed by atoms with Crippen LogP contribution in [0.25, 0.3) is 0 Å². The third-order valence-electron chi connectivity index (χ3n) is 4.00. The fourth-order valence-electron chi connectivity index (χ4n) is 2.47. The first-order valence-electron chi connectivity index (χ1n) is 9.99. The molecule has 145 valence electrons. The zero-order valence-corrected chi connectivity index (χ0v) is 18.4. The van der Waals surface area contributed by atoms with E-state index in [2.05, 4.69) is 13.8 Å². The molecule has 0 aromatic carbocycles. The van der Waals surface area contributed by atoms with Gasteiger partial charge in [0.05, 0.1) is 0 Å². The Balaban J connectivity index is -0.000000333. The summed E-state index contributed by atoms with van der Waals surface area (Å²) in [4.78, 5) is 0. The van der Waals surface area contributed by atoms with Crippen LogP contribution in [-0.2, 0) is 42.3 Å². The monoisotopic (exact) mass is 409 g/mol. The van der Waals surface area contributed by atoms with Crippen LogP contribution in [0.15, 0.2) is 0 Å². The van der Waals surface area contributed by atoms with Gasteiger partial charge in [0.25, 0.3) is 0 Å². The Hall–Kier alpha value is 1.22. The molecule has 0 fully saturated rings. The Morgan fingerprint density at radius 1 is 0.391 bits per heavy atom. The van der Waals surface area contributed by atoms with Crippen LogP contribution in [0.5, 0.6) is 0 Å². The molecular formula is C20H42CuS2. The van der Waals surface area contributed by atoms with Crippen LogP contribution in [0.4, 0.5) is 0 Å². The maximum Gasteiger partial charge on any atom is 2.00 e. The van der Waals surface area contributed by atoms with Crippen LogP contribution in [0.2, 0.25) is 0 Å². The first kappa shape index (κ1) is 29.0. The topological polar surface area (TPSA) is 0 Å². The first-order chi connectivity index (χ1) is 10.8. The molecule has 0 unspecified atom stereocenters. The maximum atomic E-state index is 4.87. The van der Waals surface area contributed by atoms with E-state index in [9.17, 15) is 0 Å². The quantitative estimate of drug-likeness (QED) is 0.148. The van der Waals surface area contributed by atoms with Gasteiger partial charge in [-0.15, -0.1) is 0 Å². The van der Waals surface area contributed by atoms with Crippen molar-refractivity contribution in [3.05, 3.63) is 0 Å². The summed E-state index contributed by atoms with van der Waals surface area (Å²) >= 11 is 9.74. The normalized spacial score (nSPS) is 9.91. The molecular weight excluding hydrogens is 368 g/mol. The van der Waals surface area contributed by atoms with Gasteiger partial charge in [0.1, 0.15) is 0 Å². The van der Waals surface area contributed by atoms with Gasteiger partial charge in [-0.25, -0.2) is 0 Å². The molecule has 0 aliphatic carbocycles. The van der Waals surface area contributed by atoms with Gasteiger partial charge in [0.2, 0.25) is 0 Å². The minimum absolute atomic E-state index is 0. The van der Waals surface area contributed by atoms with Gasteiger partial charge < -0.3 is 25.3 Å². The number of hydrogen-bond donors (Lipinski definition) is 0. The van der Waals surface area contributed by atoms with Gasteiger partial charge in [0, 0.05) is 0 Å². The van der Waals surface area contributed by atoms with Crippen molar-refractivity contribution in [3.8, 4) is 0 Å². The van der Waals surface area contributed by atoms with Crippen molar-refractivity contribution < 1.29 is 17.1 Å². The van der Waals surface area contributed by atoms with Gasteiger partial charge in [-0.2, -0.15) is 11.5 Å².